The molecule has 3 rings (SSSR count). The van der Waals surface area contributed by atoms with Crippen molar-refractivity contribution in [2.75, 3.05) is 33.2 Å². The Bertz CT molecular complexity index is 1120. The van der Waals surface area contributed by atoms with Gasteiger partial charge < -0.3 is 14.2 Å². The number of ether oxygens (including phenoxy) is 3. The van der Waals surface area contributed by atoms with E-state index in [1.165, 1.54) is 7.11 Å². The molecular weight excluding hydrogens is 549 g/mol. The van der Waals surface area contributed by atoms with Crippen molar-refractivity contribution >= 4 is 43.7 Å². The second kappa shape index (κ2) is 16.2. The molecule has 0 unspecified atom stereocenters. The van der Waals surface area contributed by atoms with Crippen LogP contribution in [0.4, 0.5) is 4.79 Å². The van der Waals surface area contributed by atoms with E-state index in [-0.39, 0.29) is 19.8 Å². The fourth-order valence-corrected chi connectivity index (χ4v) is 6.31. The highest BCUT2D eigenvalue weighted by Crippen LogP contribution is 2.57. The average Bonchev–Trinajstić information content (AvgIpc) is 2.95. The highest BCUT2D eigenvalue weighted by atomic mass is 32.2. The fourth-order valence-electron chi connectivity index (χ4n) is 2.84. The van der Waals surface area contributed by atoms with Crippen molar-refractivity contribution in [2.45, 2.75) is 16.4 Å². The van der Waals surface area contributed by atoms with Gasteiger partial charge in [-0.1, -0.05) is 66.7 Å². The van der Waals surface area contributed by atoms with Crippen molar-refractivity contribution < 1.29 is 36.3 Å². The standard InChI is InChI=1S/C26H28NO8PS2/c1-31-17-18-32-25(28)19-27(26(29)33-20-22-11-5-2-6-12-22)21-36(30,34-37-23-13-7-3-8-14-23)35-38-24-15-9-4-10-16-24/h2-16H,17-21H2,1H3. The topological polar surface area (TPSA) is 101 Å². The molecule has 0 heterocycles. The Morgan fingerprint density at radius 3 is 1.82 bits per heavy atom. The minimum atomic E-state index is -4.03. The van der Waals surface area contributed by atoms with Gasteiger partial charge in [-0.05, 0) is 29.8 Å². The van der Waals surface area contributed by atoms with Crippen LogP contribution in [0.25, 0.3) is 0 Å². The van der Waals surface area contributed by atoms with Crippen LogP contribution in [-0.4, -0.2) is 50.1 Å². The van der Waals surface area contributed by atoms with E-state index in [1.807, 2.05) is 30.3 Å². The zero-order chi connectivity index (χ0) is 27.1. The Balaban J connectivity index is 1.76. The van der Waals surface area contributed by atoms with Gasteiger partial charge in [-0.2, -0.15) is 0 Å². The van der Waals surface area contributed by atoms with E-state index in [9.17, 15) is 14.2 Å². The molecule has 38 heavy (non-hydrogen) atoms. The second-order valence-corrected chi connectivity index (χ2v) is 11.6. The Hall–Kier alpha value is -2.79. The van der Waals surface area contributed by atoms with Gasteiger partial charge in [-0.25, -0.2) is 12.7 Å². The molecule has 0 aliphatic heterocycles. The lowest BCUT2D eigenvalue weighted by Crippen LogP contribution is -2.38. The van der Waals surface area contributed by atoms with Crippen LogP contribution in [0.5, 0.6) is 0 Å². The number of nitrogens with zero attached hydrogens (tertiary/aromatic N) is 1. The van der Waals surface area contributed by atoms with Gasteiger partial charge in [0.05, 0.1) is 6.61 Å². The molecule has 0 fully saturated rings. The highest BCUT2D eigenvalue weighted by Gasteiger charge is 2.35. The Morgan fingerprint density at radius 2 is 1.29 bits per heavy atom. The van der Waals surface area contributed by atoms with Crippen molar-refractivity contribution in [1.29, 1.82) is 0 Å². The lowest BCUT2D eigenvalue weighted by atomic mass is 10.2. The Labute approximate surface area is 230 Å². The summed E-state index contributed by atoms with van der Waals surface area (Å²) in [5, 5.41) is 0. The van der Waals surface area contributed by atoms with Crippen LogP contribution in [-0.2, 0) is 38.1 Å². The summed E-state index contributed by atoms with van der Waals surface area (Å²) < 4.78 is 40.6. The van der Waals surface area contributed by atoms with E-state index in [0.29, 0.717) is 9.79 Å². The molecule has 0 atom stereocenters. The molecule has 3 aromatic rings. The minimum Gasteiger partial charge on any atom is -0.462 e. The first-order valence-electron chi connectivity index (χ1n) is 11.5. The molecule has 202 valence electrons. The molecule has 3 aromatic carbocycles. The van der Waals surface area contributed by atoms with Crippen molar-refractivity contribution in [1.82, 2.24) is 4.90 Å². The van der Waals surface area contributed by atoms with Gasteiger partial charge in [0.1, 0.15) is 26.0 Å². The zero-order valence-corrected chi connectivity index (χ0v) is 23.2. The zero-order valence-electron chi connectivity index (χ0n) is 20.7. The first-order chi connectivity index (χ1) is 18.5. The van der Waals surface area contributed by atoms with Crippen LogP contribution in [0.1, 0.15) is 5.56 Å². The van der Waals surface area contributed by atoms with Crippen molar-refractivity contribution in [2.24, 2.45) is 0 Å². The maximum absolute atomic E-state index is 13.9. The van der Waals surface area contributed by atoms with Crippen LogP contribution in [0, 0.1) is 0 Å². The molecule has 0 radical (unpaired) electrons. The smallest absolute Gasteiger partial charge is 0.411 e. The largest absolute Gasteiger partial charge is 0.462 e. The Kier molecular flexibility index (Phi) is 12.7. The Morgan fingerprint density at radius 1 is 0.763 bits per heavy atom. The van der Waals surface area contributed by atoms with Crippen LogP contribution in [0.2, 0.25) is 0 Å². The summed E-state index contributed by atoms with van der Waals surface area (Å²) in [5.41, 5.74) is 0.749. The molecule has 0 spiro atoms. The van der Waals surface area contributed by atoms with E-state index in [2.05, 4.69) is 0 Å². The van der Waals surface area contributed by atoms with Gasteiger partial charge in [0.15, 0.2) is 0 Å². The van der Waals surface area contributed by atoms with Crippen LogP contribution < -0.4 is 0 Å². The van der Waals surface area contributed by atoms with Gasteiger partial charge in [-0.15, -0.1) is 0 Å². The average molecular weight is 578 g/mol. The SMILES string of the molecule is COCCOC(=O)CN(CP(=O)(OSc1ccccc1)OSc1ccccc1)C(=O)OCc1ccccc1. The van der Waals surface area contributed by atoms with E-state index < -0.39 is 32.5 Å². The summed E-state index contributed by atoms with van der Waals surface area (Å²) in [4.78, 5) is 27.8. The van der Waals surface area contributed by atoms with Gasteiger partial charge in [0.2, 0.25) is 0 Å². The van der Waals surface area contributed by atoms with E-state index in [0.717, 1.165) is 34.5 Å². The predicted molar refractivity (Wildman–Crippen MR) is 145 cm³/mol. The molecule has 0 saturated heterocycles. The van der Waals surface area contributed by atoms with Gasteiger partial charge in [0, 0.05) is 41.0 Å². The predicted octanol–water partition coefficient (Wildman–Crippen LogP) is 6.41. The first kappa shape index (κ1) is 29.8. The normalized spacial score (nSPS) is 11.1. The van der Waals surface area contributed by atoms with Crippen molar-refractivity contribution in [3.8, 4) is 0 Å². The molecule has 0 aromatic heterocycles. The monoisotopic (exact) mass is 577 g/mol. The molecule has 9 nitrogen and oxygen atoms in total. The molecule has 0 N–H and O–H groups in total. The van der Waals surface area contributed by atoms with Crippen LogP contribution >= 0.6 is 31.7 Å². The molecule has 0 aliphatic rings. The number of hydrogen-bond donors (Lipinski definition) is 0. The fraction of sp³-hybridized carbons (Fsp3) is 0.231. The van der Waals surface area contributed by atoms with Gasteiger partial charge >= 0.3 is 19.7 Å². The van der Waals surface area contributed by atoms with Crippen molar-refractivity contribution in [3.63, 3.8) is 0 Å². The summed E-state index contributed by atoms with van der Waals surface area (Å²) in [7, 11) is -2.55. The van der Waals surface area contributed by atoms with Crippen LogP contribution in [0.15, 0.2) is 101 Å². The van der Waals surface area contributed by atoms with Gasteiger partial charge in [-0.3, -0.25) is 14.3 Å². The van der Waals surface area contributed by atoms with Crippen molar-refractivity contribution in [3.05, 3.63) is 96.6 Å². The summed E-state index contributed by atoms with van der Waals surface area (Å²) >= 11 is 1.70. The number of rotatable bonds is 15. The molecule has 0 aliphatic carbocycles. The summed E-state index contributed by atoms with van der Waals surface area (Å²) in [6, 6.07) is 27.0. The van der Waals surface area contributed by atoms with Gasteiger partial charge in [0.25, 0.3) is 0 Å². The lowest BCUT2D eigenvalue weighted by molar-refractivity contribution is -0.145. The minimum absolute atomic E-state index is 0.000610. The number of carbonyl (C=O) groups is 2. The quantitative estimate of drug-likeness (QED) is 0.0871. The molecule has 1 amide bonds. The molecule has 12 heteroatoms. The number of methoxy groups -OCH3 is 1. The first-order valence-corrected chi connectivity index (χ1v) is 14.7. The molecule has 0 bridgehead atoms. The molecule has 0 saturated carbocycles. The third-order valence-electron chi connectivity index (χ3n) is 4.66. The summed E-state index contributed by atoms with van der Waals surface area (Å²) in [6.45, 7) is -0.380. The maximum atomic E-state index is 13.9. The summed E-state index contributed by atoms with van der Waals surface area (Å²) in [5.74, 6) is -0.725. The number of carbonyl (C=O) groups excluding carboxylic acids is 2. The number of benzene rings is 3. The number of amides is 1. The second-order valence-electron chi connectivity index (χ2n) is 7.65. The number of hydrogen-bond acceptors (Lipinski definition) is 10. The highest BCUT2D eigenvalue weighted by molar-refractivity contribution is 8.02. The molecular formula is C26H28NO8PS2. The van der Waals surface area contributed by atoms with E-state index in [1.54, 1.807) is 60.7 Å². The number of esters is 1. The van der Waals surface area contributed by atoms with Crippen LogP contribution in [0.3, 0.4) is 0 Å². The summed E-state index contributed by atoms with van der Waals surface area (Å²) in [6.07, 6.45) is -1.43. The third-order valence-corrected chi connectivity index (χ3v) is 8.69. The van der Waals surface area contributed by atoms with E-state index >= 15 is 0 Å². The lowest BCUT2D eigenvalue weighted by Gasteiger charge is -2.25. The third kappa shape index (κ3) is 10.9. The van der Waals surface area contributed by atoms with E-state index in [4.69, 9.17) is 22.2 Å². The maximum Gasteiger partial charge on any atom is 0.411 e.